The number of benzene rings is 2. The first-order valence-electron chi connectivity index (χ1n) is 8.74. The molecule has 0 spiro atoms. The number of sulfonamides is 1. The third kappa shape index (κ3) is 5.11. The molecule has 0 aliphatic carbocycles. The van der Waals surface area contributed by atoms with Crippen LogP contribution in [-0.2, 0) is 10.0 Å². The van der Waals surface area contributed by atoms with Gasteiger partial charge in [0.25, 0.3) is 5.69 Å². The van der Waals surface area contributed by atoms with E-state index in [1.165, 1.54) is 45.6 Å². The van der Waals surface area contributed by atoms with Crippen molar-refractivity contribution in [2.45, 2.75) is 11.3 Å². The van der Waals surface area contributed by atoms with Crippen LogP contribution in [0.3, 0.4) is 0 Å². The van der Waals surface area contributed by atoms with E-state index in [0.29, 0.717) is 19.5 Å². The molecule has 1 heterocycles. The van der Waals surface area contributed by atoms with Crippen LogP contribution in [0.2, 0.25) is 0 Å². The van der Waals surface area contributed by atoms with E-state index in [0.717, 1.165) is 4.47 Å². The molecule has 0 N–H and O–H groups in total. The van der Waals surface area contributed by atoms with Crippen LogP contribution in [0, 0.1) is 10.1 Å². The minimum absolute atomic E-state index is 0.103. The molecule has 3 rings (SSSR count). The second kappa shape index (κ2) is 8.89. The molecule has 0 unspecified atom stereocenters. The Morgan fingerprint density at radius 2 is 1.66 bits per heavy atom. The molecule has 154 valence electrons. The summed E-state index contributed by atoms with van der Waals surface area (Å²) in [6.45, 7) is 0.965. The highest BCUT2D eigenvalue weighted by Crippen LogP contribution is 2.21. The quantitative estimate of drug-likeness (QED) is 0.487. The molecular weight excluding hydrogens is 466 g/mol. The molecule has 29 heavy (non-hydrogen) atoms. The summed E-state index contributed by atoms with van der Waals surface area (Å²) in [7, 11) is -3.65. The van der Waals surface area contributed by atoms with E-state index >= 15 is 0 Å². The van der Waals surface area contributed by atoms with E-state index in [9.17, 15) is 23.3 Å². The number of amides is 1. The van der Waals surface area contributed by atoms with Crippen LogP contribution >= 0.6 is 15.9 Å². The Labute approximate surface area is 176 Å². The number of carbonyl (C=O) groups excluding carboxylic acids is 1. The van der Waals surface area contributed by atoms with E-state index in [-0.39, 0.29) is 29.4 Å². The SMILES string of the molecule is O=C(Oc1ccc([N+](=O)[O-])cc1)N1CCCN(S(=O)(=O)c2ccc(Br)cc2)CC1. The Balaban J connectivity index is 1.63. The van der Waals surface area contributed by atoms with E-state index in [4.69, 9.17) is 4.74 Å². The van der Waals surface area contributed by atoms with Gasteiger partial charge < -0.3 is 9.64 Å². The molecule has 11 heteroatoms. The Kier molecular flexibility index (Phi) is 6.50. The molecule has 0 radical (unpaired) electrons. The molecule has 9 nitrogen and oxygen atoms in total. The number of ether oxygens (including phenoxy) is 1. The van der Waals surface area contributed by atoms with Crippen LogP contribution in [0.4, 0.5) is 10.5 Å². The third-order valence-electron chi connectivity index (χ3n) is 4.42. The van der Waals surface area contributed by atoms with Gasteiger partial charge in [0, 0.05) is 42.8 Å². The molecule has 2 aromatic rings. The van der Waals surface area contributed by atoms with Gasteiger partial charge in [-0.15, -0.1) is 0 Å². The van der Waals surface area contributed by atoms with Crippen molar-refractivity contribution in [2.24, 2.45) is 0 Å². The van der Waals surface area contributed by atoms with Crippen molar-refractivity contribution in [1.82, 2.24) is 9.21 Å². The molecule has 1 fully saturated rings. The van der Waals surface area contributed by atoms with Gasteiger partial charge in [-0.25, -0.2) is 13.2 Å². The lowest BCUT2D eigenvalue weighted by atomic mass is 10.3. The van der Waals surface area contributed by atoms with E-state index in [2.05, 4.69) is 15.9 Å². The van der Waals surface area contributed by atoms with Crippen molar-refractivity contribution >= 4 is 37.7 Å². The lowest BCUT2D eigenvalue weighted by Gasteiger charge is -2.21. The fraction of sp³-hybridized carbons (Fsp3) is 0.278. The van der Waals surface area contributed by atoms with Crippen LogP contribution in [-0.4, -0.2) is 54.8 Å². The first-order valence-corrected chi connectivity index (χ1v) is 11.0. The van der Waals surface area contributed by atoms with Crippen molar-refractivity contribution in [2.75, 3.05) is 26.2 Å². The number of nitro groups is 1. The molecule has 0 saturated carbocycles. The number of nitrogens with zero attached hydrogens (tertiary/aromatic N) is 3. The Morgan fingerprint density at radius 3 is 2.28 bits per heavy atom. The summed E-state index contributed by atoms with van der Waals surface area (Å²) in [6.07, 6.45) is -0.160. The largest absolute Gasteiger partial charge is 0.415 e. The number of non-ortho nitro benzene ring substituents is 1. The number of rotatable bonds is 4. The van der Waals surface area contributed by atoms with E-state index in [1.54, 1.807) is 12.1 Å². The molecule has 1 aliphatic heterocycles. The average Bonchev–Trinajstić information content (AvgIpc) is 2.95. The molecule has 2 aromatic carbocycles. The Bertz CT molecular complexity index is 995. The number of nitro benzene ring substituents is 1. The number of hydrogen-bond acceptors (Lipinski definition) is 6. The van der Waals surface area contributed by atoms with Crippen molar-refractivity contribution in [1.29, 1.82) is 0 Å². The van der Waals surface area contributed by atoms with Gasteiger partial charge >= 0.3 is 6.09 Å². The molecule has 1 aliphatic rings. The summed E-state index contributed by atoms with van der Waals surface area (Å²) in [4.78, 5) is 24.2. The van der Waals surface area contributed by atoms with Crippen molar-refractivity contribution in [3.8, 4) is 5.75 Å². The monoisotopic (exact) mass is 483 g/mol. The Hall–Kier alpha value is -2.50. The maximum Gasteiger partial charge on any atom is 0.415 e. The standard InChI is InChI=1S/C18H18BrN3O6S/c19-14-2-8-17(9-3-14)29(26,27)21-11-1-10-20(12-13-21)18(23)28-16-6-4-15(5-7-16)22(24)25/h2-9H,1,10-13H2. The first kappa shape index (κ1) is 21.2. The normalized spacial score (nSPS) is 15.6. The fourth-order valence-electron chi connectivity index (χ4n) is 2.87. The van der Waals surface area contributed by atoms with E-state index < -0.39 is 21.0 Å². The minimum Gasteiger partial charge on any atom is -0.410 e. The lowest BCUT2D eigenvalue weighted by Crippen LogP contribution is -2.38. The summed E-state index contributed by atoms with van der Waals surface area (Å²) in [5.74, 6) is 0.184. The second-order valence-corrected chi connectivity index (χ2v) is 9.17. The molecule has 0 atom stereocenters. The molecule has 1 saturated heterocycles. The fourth-order valence-corrected chi connectivity index (χ4v) is 4.61. The maximum absolute atomic E-state index is 12.8. The first-order chi connectivity index (χ1) is 13.8. The van der Waals surface area contributed by atoms with Gasteiger partial charge in [0.2, 0.25) is 10.0 Å². The zero-order chi connectivity index (χ0) is 21.0. The lowest BCUT2D eigenvalue weighted by molar-refractivity contribution is -0.384. The van der Waals surface area contributed by atoms with Gasteiger partial charge in [-0.1, -0.05) is 15.9 Å². The van der Waals surface area contributed by atoms with Gasteiger partial charge in [0.15, 0.2) is 0 Å². The van der Waals surface area contributed by atoms with Crippen molar-refractivity contribution in [3.63, 3.8) is 0 Å². The van der Waals surface area contributed by atoms with Crippen molar-refractivity contribution < 1.29 is 22.9 Å². The summed E-state index contributed by atoms with van der Waals surface area (Å²) in [6, 6.07) is 11.6. The number of carbonyl (C=O) groups is 1. The minimum atomic E-state index is -3.65. The summed E-state index contributed by atoms with van der Waals surface area (Å²) in [5.41, 5.74) is -0.103. The zero-order valence-corrected chi connectivity index (χ0v) is 17.6. The van der Waals surface area contributed by atoms with Gasteiger partial charge in [0.1, 0.15) is 5.75 Å². The van der Waals surface area contributed by atoms with E-state index in [1.807, 2.05) is 0 Å². The molecule has 1 amide bonds. The summed E-state index contributed by atoms with van der Waals surface area (Å²) >= 11 is 3.28. The average molecular weight is 484 g/mol. The van der Waals surface area contributed by atoms with Gasteiger partial charge in [-0.2, -0.15) is 4.31 Å². The highest BCUT2D eigenvalue weighted by molar-refractivity contribution is 9.10. The highest BCUT2D eigenvalue weighted by atomic mass is 79.9. The van der Waals surface area contributed by atoms with Gasteiger partial charge in [-0.05, 0) is 42.8 Å². The van der Waals surface area contributed by atoms with Crippen LogP contribution in [0.25, 0.3) is 0 Å². The molecule has 0 bridgehead atoms. The third-order valence-corrected chi connectivity index (χ3v) is 6.86. The topological polar surface area (TPSA) is 110 Å². The van der Waals surface area contributed by atoms with Gasteiger partial charge in [0.05, 0.1) is 9.82 Å². The molecule has 0 aromatic heterocycles. The Morgan fingerprint density at radius 1 is 1.00 bits per heavy atom. The van der Waals surface area contributed by atoms with Crippen LogP contribution in [0.5, 0.6) is 5.75 Å². The summed E-state index contributed by atoms with van der Waals surface area (Å²) in [5, 5.41) is 10.7. The predicted octanol–water partition coefficient (Wildman–Crippen LogP) is 3.25. The molecular formula is C18H18BrN3O6S. The predicted molar refractivity (Wildman–Crippen MR) is 108 cm³/mol. The maximum atomic E-state index is 12.8. The second-order valence-electron chi connectivity index (χ2n) is 6.32. The zero-order valence-electron chi connectivity index (χ0n) is 15.2. The van der Waals surface area contributed by atoms with Crippen molar-refractivity contribution in [3.05, 3.63) is 63.1 Å². The smallest absolute Gasteiger partial charge is 0.410 e. The van der Waals surface area contributed by atoms with Gasteiger partial charge in [-0.3, -0.25) is 10.1 Å². The van der Waals surface area contributed by atoms with Crippen LogP contribution in [0.15, 0.2) is 57.9 Å². The number of hydrogen-bond donors (Lipinski definition) is 0. The number of halogens is 1. The van der Waals surface area contributed by atoms with Crippen LogP contribution < -0.4 is 4.74 Å². The highest BCUT2D eigenvalue weighted by Gasteiger charge is 2.28. The summed E-state index contributed by atoms with van der Waals surface area (Å²) < 4.78 is 33.0. The van der Waals surface area contributed by atoms with Crippen LogP contribution in [0.1, 0.15) is 6.42 Å².